The van der Waals surface area contributed by atoms with E-state index in [2.05, 4.69) is 254 Å². The van der Waals surface area contributed by atoms with Crippen LogP contribution in [-0.2, 0) is 0 Å². The molecule has 0 N–H and O–H groups in total. The molecule has 63 heavy (non-hydrogen) atoms. The summed E-state index contributed by atoms with van der Waals surface area (Å²) in [6.07, 6.45) is 0. The summed E-state index contributed by atoms with van der Waals surface area (Å²) in [5, 5.41) is 12.8. The van der Waals surface area contributed by atoms with Crippen molar-refractivity contribution in [2.24, 2.45) is 0 Å². The molecule has 0 spiro atoms. The molecule has 0 radical (unpaired) electrons. The second kappa shape index (κ2) is 15.3. The minimum Gasteiger partial charge on any atom is -0.311 e. The summed E-state index contributed by atoms with van der Waals surface area (Å²) in [6, 6.07) is 90.8. The topological polar surface area (TPSA) is 3.24 Å². The Hall–Kier alpha value is -8.26. The van der Waals surface area contributed by atoms with Crippen LogP contribution in [0.2, 0.25) is 0 Å². The normalized spacial score (nSPS) is 11.5. The van der Waals surface area contributed by atoms with E-state index in [0.29, 0.717) is 0 Å². The van der Waals surface area contributed by atoms with Gasteiger partial charge in [0, 0.05) is 17.1 Å². The molecule has 0 fully saturated rings. The van der Waals surface area contributed by atoms with Crippen molar-refractivity contribution < 1.29 is 0 Å². The van der Waals surface area contributed by atoms with E-state index in [1.807, 2.05) is 0 Å². The first-order valence-electron chi connectivity index (χ1n) is 21.7. The van der Waals surface area contributed by atoms with Crippen molar-refractivity contribution in [3.8, 4) is 44.5 Å². The molecule has 0 aliphatic heterocycles. The average molecular weight is 800 g/mol. The van der Waals surface area contributed by atoms with Crippen LogP contribution in [0.1, 0.15) is 0 Å². The van der Waals surface area contributed by atoms with Gasteiger partial charge in [-0.1, -0.05) is 200 Å². The number of hydrogen-bond acceptors (Lipinski definition) is 1. The molecule has 0 bridgehead atoms. The van der Waals surface area contributed by atoms with Crippen molar-refractivity contribution in [3.05, 3.63) is 249 Å². The molecule has 0 amide bonds. The van der Waals surface area contributed by atoms with E-state index in [9.17, 15) is 0 Å². The lowest BCUT2D eigenvalue weighted by molar-refractivity contribution is 1.28. The van der Waals surface area contributed by atoms with E-state index in [0.717, 1.165) is 17.1 Å². The molecule has 0 aromatic heterocycles. The van der Waals surface area contributed by atoms with Gasteiger partial charge in [0.05, 0.1) is 0 Å². The lowest BCUT2D eigenvalue weighted by atomic mass is 9.92. The lowest BCUT2D eigenvalue weighted by Crippen LogP contribution is -2.09. The van der Waals surface area contributed by atoms with Gasteiger partial charge in [0.1, 0.15) is 0 Å². The van der Waals surface area contributed by atoms with Gasteiger partial charge in [0.15, 0.2) is 0 Å². The number of nitrogens with zero attached hydrogens (tertiary/aromatic N) is 1. The van der Waals surface area contributed by atoms with Crippen molar-refractivity contribution in [1.82, 2.24) is 0 Å². The number of fused-ring (bicyclic) bond motifs is 9. The highest BCUT2D eigenvalue weighted by Crippen LogP contribution is 2.41. The van der Waals surface area contributed by atoms with Crippen LogP contribution >= 0.6 is 0 Å². The number of hydrogen-bond donors (Lipinski definition) is 0. The monoisotopic (exact) mass is 799 g/mol. The fraction of sp³-hybridized carbons (Fsp3) is 0. The molecule has 0 unspecified atom stereocenters. The van der Waals surface area contributed by atoms with Crippen LogP contribution in [-0.4, -0.2) is 0 Å². The van der Waals surface area contributed by atoms with Crippen LogP contribution in [0.3, 0.4) is 0 Å². The predicted molar refractivity (Wildman–Crippen MR) is 270 cm³/mol. The Bertz CT molecular complexity index is 3590. The van der Waals surface area contributed by atoms with E-state index in [1.54, 1.807) is 0 Å². The van der Waals surface area contributed by atoms with Gasteiger partial charge < -0.3 is 4.90 Å². The molecule has 12 aromatic rings. The first-order chi connectivity index (χ1) is 31.2. The van der Waals surface area contributed by atoms with E-state index in [-0.39, 0.29) is 0 Å². The maximum atomic E-state index is 2.37. The van der Waals surface area contributed by atoms with Crippen LogP contribution < -0.4 is 4.90 Å². The summed E-state index contributed by atoms with van der Waals surface area (Å²) in [6.45, 7) is 0. The van der Waals surface area contributed by atoms with Crippen molar-refractivity contribution in [2.75, 3.05) is 4.90 Å². The van der Waals surface area contributed by atoms with Gasteiger partial charge in [-0.25, -0.2) is 0 Å². The van der Waals surface area contributed by atoms with Crippen molar-refractivity contribution in [1.29, 1.82) is 0 Å². The number of anilines is 3. The molecule has 1 nitrogen and oxygen atoms in total. The Kier molecular flexibility index (Phi) is 8.90. The standard InChI is InChI=1S/C62H41N/c1-2-12-42(13-3-1)44-26-33-50(34-27-44)63(52-37-30-47(31-38-52)61-41-49-14-4-5-15-53(49)54-16-6-10-20-58(54)61)51-35-28-45(29-36-51)43-22-24-46(25-23-43)48-32-39-60-57-19-8-7-17-55(57)56-18-9-11-21-59(56)62(60)40-48/h1-41H. The van der Waals surface area contributed by atoms with E-state index < -0.39 is 0 Å². The van der Waals surface area contributed by atoms with Crippen LogP contribution in [0.25, 0.3) is 98.4 Å². The fourth-order valence-corrected chi connectivity index (χ4v) is 9.71. The van der Waals surface area contributed by atoms with Crippen molar-refractivity contribution >= 4 is 70.9 Å². The minimum atomic E-state index is 1.10. The lowest BCUT2D eigenvalue weighted by Gasteiger charge is -2.26. The largest absolute Gasteiger partial charge is 0.311 e. The van der Waals surface area contributed by atoms with Gasteiger partial charge in [-0.15, -0.1) is 0 Å². The molecule has 294 valence electrons. The smallest absolute Gasteiger partial charge is 0.0462 e. The summed E-state index contributed by atoms with van der Waals surface area (Å²) in [4.78, 5) is 2.36. The Morgan fingerprint density at radius 1 is 0.190 bits per heavy atom. The number of rotatable bonds is 7. The van der Waals surface area contributed by atoms with Crippen molar-refractivity contribution in [3.63, 3.8) is 0 Å². The molecule has 0 saturated carbocycles. The molecule has 1 heteroatoms. The van der Waals surface area contributed by atoms with E-state index >= 15 is 0 Å². The molecule has 0 heterocycles. The van der Waals surface area contributed by atoms with Gasteiger partial charge in [-0.2, -0.15) is 0 Å². The predicted octanol–water partition coefficient (Wildman–Crippen LogP) is 17.6. The molecule has 0 aliphatic carbocycles. The Morgan fingerprint density at radius 2 is 0.524 bits per heavy atom. The second-order valence-corrected chi connectivity index (χ2v) is 16.5. The zero-order valence-corrected chi connectivity index (χ0v) is 34.6. The van der Waals surface area contributed by atoms with Crippen molar-refractivity contribution in [2.45, 2.75) is 0 Å². The zero-order chi connectivity index (χ0) is 41.7. The highest BCUT2D eigenvalue weighted by atomic mass is 15.1. The van der Waals surface area contributed by atoms with Gasteiger partial charge in [0.2, 0.25) is 0 Å². The molecule has 12 aromatic carbocycles. The Balaban J connectivity index is 0.885. The third kappa shape index (κ3) is 6.50. The van der Waals surface area contributed by atoms with Crippen LogP contribution in [0.4, 0.5) is 17.1 Å². The maximum absolute atomic E-state index is 2.37. The zero-order valence-electron chi connectivity index (χ0n) is 34.6. The summed E-state index contributed by atoms with van der Waals surface area (Å²) >= 11 is 0. The molecule has 12 rings (SSSR count). The Morgan fingerprint density at radius 3 is 1.05 bits per heavy atom. The van der Waals surface area contributed by atoms with Crippen LogP contribution in [0, 0.1) is 0 Å². The second-order valence-electron chi connectivity index (χ2n) is 16.5. The van der Waals surface area contributed by atoms with E-state index in [1.165, 1.54) is 98.4 Å². The first-order valence-corrected chi connectivity index (χ1v) is 21.7. The minimum absolute atomic E-state index is 1.10. The van der Waals surface area contributed by atoms with Crippen LogP contribution in [0.15, 0.2) is 249 Å². The summed E-state index contributed by atoms with van der Waals surface area (Å²) in [7, 11) is 0. The van der Waals surface area contributed by atoms with Gasteiger partial charge in [-0.05, 0) is 147 Å². The SMILES string of the molecule is c1ccc(-c2ccc(N(c3ccc(-c4ccc(-c5ccc6c7ccccc7c7ccccc7c6c5)cc4)cc3)c3ccc(-c4cc5ccccc5c5ccccc45)cc3)cc2)cc1. The van der Waals surface area contributed by atoms with Gasteiger partial charge >= 0.3 is 0 Å². The average Bonchev–Trinajstić information content (AvgIpc) is 3.37. The Labute approximate surface area is 367 Å². The molecule has 0 saturated heterocycles. The van der Waals surface area contributed by atoms with Gasteiger partial charge in [-0.3, -0.25) is 0 Å². The molecule has 0 aliphatic rings. The van der Waals surface area contributed by atoms with Crippen LogP contribution in [0.5, 0.6) is 0 Å². The highest BCUT2D eigenvalue weighted by Gasteiger charge is 2.16. The number of benzene rings is 12. The quantitative estimate of drug-likeness (QED) is 0.145. The molecular formula is C62H41N. The third-order valence-corrected chi connectivity index (χ3v) is 12.9. The highest BCUT2D eigenvalue weighted by molar-refractivity contribution is 6.25. The van der Waals surface area contributed by atoms with E-state index in [4.69, 9.17) is 0 Å². The fourth-order valence-electron chi connectivity index (χ4n) is 9.71. The summed E-state index contributed by atoms with van der Waals surface area (Å²) in [5.74, 6) is 0. The van der Waals surface area contributed by atoms with Gasteiger partial charge in [0.25, 0.3) is 0 Å². The third-order valence-electron chi connectivity index (χ3n) is 12.9. The maximum Gasteiger partial charge on any atom is 0.0462 e. The first kappa shape index (κ1) is 36.6. The summed E-state index contributed by atoms with van der Waals surface area (Å²) < 4.78 is 0. The molecular weight excluding hydrogens is 759 g/mol. The molecule has 0 atom stereocenters. The summed E-state index contributed by atoms with van der Waals surface area (Å²) in [5.41, 5.74) is 12.9.